The second-order valence-corrected chi connectivity index (χ2v) is 7.03. The third-order valence-corrected chi connectivity index (χ3v) is 2.77. The molecule has 0 aliphatic carbocycles. The van der Waals surface area contributed by atoms with E-state index in [9.17, 15) is 0 Å². The molecular formula is C15H28N4O2. The van der Waals surface area contributed by atoms with Crippen LogP contribution in [0.1, 0.15) is 52.9 Å². The van der Waals surface area contributed by atoms with E-state index in [0.717, 1.165) is 5.56 Å². The Morgan fingerprint density at radius 1 is 1.05 bits per heavy atom. The van der Waals surface area contributed by atoms with E-state index in [2.05, 4.69) is 15.4 Å². The summed E-state index contributed by atoms with van der Waals surface area (Å²) in [5.41, 5.74) is 3.04. The van der Waals surface area contributed by atoms with Crippen molar-refractivity contribution in [3.63, 3.8) is 0 Å². The number of rotatable bonds is 5. The molecule has 0 bridgehead atoms. The van der Waals surface area contributed by atoms with Crippen LogP contribution < -0.4 is 16.0 Å². The third kappa shape index (κ3) is 5.47. The molecular weight excluding hydrogens is 268 g/mol. The summed E-state index contributed by atoms with van der Waals surface area (Å²) >= 11 is 0. The Morgan fingerprint density at radius 2 is 1.67 bits per heavy atom. The molecule has 0 amide bonds. The lowest BCUT2D eigenvalue weighted by molar-refractivity contribution is -0.0169. The lowest BCUT2D eigenvalue weighted by atomic mass is 9.95. The smallest absolute Gasteiger partial charge is 0.221 e. The maximum atomic E-state index is 5.74. The van der Waals surface area contributed by atoms with Gasteiger partial charge in [0, 0.05) is 5.41 Å². The van der Waals surface area contributed by atoms with E-state index in [4.69, 9.17) is 15.3 Å². The molecule has 6 nitrogen and oxygen atoms in total. The van der Waals surface area contributed by atoms with Gasteiger partial charge in [0.05, 0.1) is 17.8 Å². The molecule has 0 fully saturated rings. The van der Waals surface area contributed by atoms with Gasteiger partial charge in [0.15, 0.2) is 5.82 Å². The normalized spacial score (nSPS) is 12.4. The van der Waals surface area contributed by atoms with Gasteiger partial charge in [0.2, 0.25) is 5.88 Å². The lowest BCUT2D eigenvalue weighted by Crippen LogP contribution is -2.24. The second-order valence-electron chi connectivity index (χ2n) is 7.03. The monoisotopic (exact) mass is 296 g/mol. The maximum absolute atomic E-state index is 5.74. The van der Waals surface area contributed by atoms with Gasteiger partial charge >= 0.3 is 0 Å². The number of hydrazine groups is 1. The van der Waals surface area contributed by atoms with Crippen LogP contribution in [-0.2, 0) is 10.2 Å². The molecule has 120 valence electrons. The van der Waals surface area contributed by atoms with Gasteiger partial charge in [-0.15, -0.1) is 0 Å². The van der Waals surface area contributed by atoms with E-state index in [-0.39, 0.29) is 11.0 Å². The highest BCUT2D eigenvalue weighted by Crippen LogP contribution is 2.27. The van der Waals surface area contributed by atoms with Crippen LogP contribution in [0.15, 0.2) is 0 Å². The summed E-state index contributed by atoms with van der Waals surface area (Å²) in [6.45, 7) is 15.0. The minimum Gasteiger partial charge on any atom is -0.475 e. The second kappa shape index (κ2) is 6.58. The number of hydrogen-bond donors (Lipinski definition) is 2. The summed E-state index contributed by atoms with van der Waals surface area (Å²) in [6.07, 6.45) is 0. The summed E-state index contributed by atoms with van der Waals surface area (Å²) in [7, 11) is 0. The van der Waals surface area contributed by atoms with Crippen molar-refractivity contribution in [3.05, 3.63) is 11.4 Å². The largest absolute Gasteiger partial charge is 0.475 e. The van der Waals surface area contributed by atoms with E-state index in [1.807, 2.05) is 48.5 Å². The molecule has 6 heteroatoms. The molecule has 0 aliphatic rings. The van der Waals surface area contributed by atoms with Crippen molar-refractivity contribution < 1.29 is 9.47 Å². The molecule has 3 N–H and O–H groups in total. The SMILES string of the molecule is Cc1c(NN)nc(C(C)(C)C)nc1OCCOC(C)(C)C. The highest BCUT2D eigenvalue weighted by molar-refractivity contribution is 5.48. The Hall–Kier alpha value is -1.40. The first-order valence-electron chi connectivity index (χ1n) is 7.17. The first kappa shape index (κ1) is 17.7. The number of ether oxygens (including phenoxy) is 2. The molecule has 0 aromatic carbocycles. The Balaban J connectivity index is 2.86. The number of nitrogens with two attached hydrogens (primary N) is 1. The fourth-order valence-corrected chi connectivity index (χ4v) is 1.60. The summed E-state index contributed by atoms with van der Waals surface area (Å²) < 4.78 is 11.4. The number of nitrogens with one attached hydrogen (secondary N) is 1. The zero-order chi connectivity index (χ0) is 16.3. The fourth-order valence-electron chi connectivity index (χ4n) is 1.60. The maximum Gasteiger partial charge on any atom is 0.221 e. The Morgan fingerprint density at radius 3 is 2.14 bits per heavy atom. The van der Waals surface area contributed by atoms with Gasteiger partial charge in [-0.25, -0.2) is 10.8 Å². The standard InChI is InChI=1S/C15H28N4O2/c1-10-11(19-16)17-13(14(2,3)4)18-12(10)20-8-9-21-15(5,6)7/h8-9,16H2,1-7H3,(H,17,18,19). The summed E-state index contributed by atoms with van der Waals surface area (Å²) in [6, 6.07) is 0. The van der Waals surface area contributed by atoms with Crippen molar-refractivity contribution in [3.8, 4) is 5.88 Å². The topological polar surface area (TPSA) is 82.3 Å². The molecule has 0 aliphatic heterocycles. The quantitative estimate of drug-likeness (QED) is 0.493. The number of aromatic nitrogens is 2. The highest BCUT2D eigenvalue weighted by atomic mass is 16.5. The van der Waals surface area contributed by atoms with Gasteiger partial charge in [-0.2, -0.15) is 4.98 Å². The van der Waals surface area contributed by atoms with E-state index in [1.54, 1.807) is 0 Å². The summed E-state index contributed by atoms with van der Waals surface area (Å²) in [5.74, 6) is 7.34. The lowest BCUT2D eigenvalue weighted by Gasteiger charge is -2.21. The molecule has 0 radical (unpaired) electrons. The molecule has 1 heterocycles. The average Bonchev–Trinajstić information content (AvgIpc) is 2.33. The highest BCUT2D eigenvalue weighted by Gasteiger charge is 2.21. The van der Waals surface area contributed by atoms with Crippen LogP contribution in [-0.4, -0.2) is 28.8 Å². The van der Waals surface area contributed by atoms with Crippen molar-refractivity contribution in [1.29, 1.82) is 0 Å². The van der Waals surface area contributed by atoms with Gasteiger partial charge in [-0.05, 0) is 27.7 Å². The molecule has 21 heavy (non-hydrogen) atoms. The van der Waals surface area contributed by atoms with E-state index in [0.29, 0.717) is 30.7 Å². The summed E-state index contributed by atoms with van der Waals surface area (Å²) in [4.78, 5) is 8.93. The minimum absolute atomic E-state index is 0.176. The average molecular weight is 296 g/mol. The van der Waals surface area contributed by atoms with Crippen molar-refractivity contribution in [2.75, 3.05) is 18.6 Å². The van der Waals surface area contributed by atoms with Crippen molar-refractivity contribution in [1.82, 2.24) is 9.97 Å². The predicted molar refractivity (Wildman–Crippen MR) is 84.5 cm³/mol. The third-order valence-electron chi connectivity index (χ3n) is 2.77. The van der Waals surface area contributed by atoms with Crippen LogP contribution in [0.2, 0.25) is 0 Å². The van der Waals surface area contributed by atoms with Crippen molar-refractivity contribution in [2.45, 2.75) is 59.5 Å². The first-order chi connectivity index (χ1) is 9.54. The number of anilines is 1. The van der Waals surface area contributed by atoms with E-state index in [1.165, 1.54) is 0 Å². The fraction of sp³-hybridized carbons (Fsp3) is 0.733. The van der Waals surface area contributed by atoms with Crippen molar-refractivity contribution >= 4 is 5.82 Å². The Kier molecular flexibility index (Phi) is 5.53. The number of nitrogens with zero attached hydrogens (tertiary/aromatic N) is 2. The van der Waals surface area contributed by atoms with Crippen LogP contribution in [0.3, 0.4) is 0 Å². The predicted octanol–water partition coefficient (Wildman–Crippen LogP) is 2.56. The van der Waals surface area contributed by atoms with Gasteiger partial charge in [-0.1, -0.05) is 20.8 Å². The van der Waals surface area contributed by atoms with Crippen LogP contribution in [0.5, 0.6) is 5.88 Å². The van der Waals surface area contributed by atoms with Gasteiger partial charge in [0.25, 0.3) is 0 Å². The van der Waals surface area contributed by atoms with Gasteiger partial charge in [-0.3, -0.25) is 0 Å². The minimum atomic E-state index is -0.181. The van der Waals surface area contributed by atoms with Crippen LogP contribution in [0.4, 0.5) is 5.82 Å². The van der Waals surface area contributed by atoms with E-state index >= 15 is 0 Å². The van der Waals surface area contributed by atoms with Crippen LogP contribution in [0, 0.1) is 6.92 Å². The Bertz CT molecular complexity index is 476. The van der Waals surface area contributed by atoms with Gasteiger partial charge in [0.1, 0.15) is 12.4 Å². The molecule has 0 saturated carbocycles. The Labute approximate surface area is 127 Å². The molecule has 0 spiro atoms. The molecule has 0 unspecified atom stereocenters. The number of hydrogen-bond acceptors (Lipinski definition) is 6. The zero-order valence-electron chi connectivity index (χ0n) is 14.2. The first-order valence-corrected chi connectivity index (χ1v) is 7.17. The zero-order valence-corrected chi connectivity index (χ0v) is 14.2. The summed E-state index contributed by atoms with van der Waals surface area (Å²) in [5, 5.41) is 0. The number of nitrogen functional groups attached to an aromatic ring is 1. The van der Waals surface area contributed by atoms with E-state index < -0.39 is 0 Å². The van der Waals surface area contributed by atoms with Crippen molar-refractivity contribution in [2.24, 2.45) is 5.84 Å². The molecule has 1 aromatic heterocycles. The molecule has 0 atom stereocenters. The molecule has 0 saturated heterocycles. The van der Waals surface area contributed by atoms with Crippen LogP contribution >= 0.6 is 0 Å². The van der Waals surface area contributed by atoms with Gasteiger partial charge < -0.3 is 14.9 Å². The molecule has 1 rings (SSSR count). The molecule has 1 aromatic rings. The van der Waals surface area contributed by atoms with Crippen LogP contribution in [0.25, 0.3) is 0 Å².